The number of nitrogens with one attached hydrogen (secondary N) is 2. The van der Waals surface area contributed by atoms with Crippen molar-refractivity contribution in [2.45, 2.75) is 33.1 Å². The van der Waals surface area contributed by atoms with E-state index < -0.39 is 5.91 Å². The Morgan fingerprint density at radius 3 is 2.23 bits per heavy atom. The molecule has 0 unspecified atom stereocenters. The molecule has 0 bridgehead atoms. The van der Waals surface area contributed by atoms with Crippen molar-refractivity contribution < 1.29 is 19.1 Å². The Morgan fingerprint density at radius 2 is 1.57 bits per heavy atom. The highest BCUT2D eigenvalue weighted by atomic mass is 16.5. The molecule has 0 aliphatic rings. The third-order valence-corrected chi connectivity index (χ3v) is 5.33. The van der Waals surface area contributed by atoms with Crippen LogP contribution in [0.3, 0.4) is 0 Å². The number of ether oxygens (including phenoxy) is 1. The summed E-state index contributed by atoms with van der Waals surface area (Å²) in [5.74, 6) is -0.834. The van der Waals surface area contributed by atoms with Gasteiger partial charge in [0.05, 0.1) is 36.0 Å². The molecule has 0 heterocycles. The zero-order valence-corrected chi connectivity index (χ0v) is 19.9. The second-order valence-electron chi connectivity index (χ2n) is 8.24. The summed E-state index contributed by atoms with van der Waals surface area (Å²) in [5.41, 5.74) is 3.57. The summed E-state index contributed by atoms with van der Waals surface area (Å²) in [4.78, 5) is 37.8. The number of benzene rings is 3. The third-order valence-electron chi connectivity index (χ3n) is 5.33. The van der Waals surface area contributed by atoms with Gasteiger partial charge in [-0.25, -0.2) is 0 Å². The Bertz CT molecular complexity index is 1270. The highest BCUT2D eigenvalue weighted by Gasteiger charge is 2.15. The van der Waals surface area contributed by atoms with Gasteiger partial charge in [-0.1, -0.05) is 38.1 Å². The Morgan fingerprint density at radius 1 is 0.886 bits per heavy atom. The van der Waals surface area contributed by atoms with Gasteiger partial charge in [0.25, 0.3) is 11.8 Å². The minimum Gasteiger partial charge on any atom is -0.466 e. The lowest BCUT2D eigenvalue weighted by Gasteiger charge is -2.15. The maximum Gasteiger partial charge on any atom is 0.310 e. The molecule has 178 valence electrons. The Balaban J connectivity index is 1.89. The molecule has 0 radical (unpaired) electrons. The highest BCUT2D eigenvalue weighted by Crippen LogP contribution is 2.26. The first-order valence-corrected chi connectivity index (χ1v) is 11.3. The van der Waals surface area contributed by atoms with Crippen LogP contribution in [-0.4, -0.2) is 24.4 Å². The molecule has 0 aliphatic carbocycles. The van der Waals surface area contributed by atoms with Crippen LogP contribution in [0.15, 0.2) is 66.7 Å². The van der Waals surface area contributed by atoms with Gasteiger partial charge in [-0.3, -0.25) is 14.4 Å². The number of nitrogens with zero attached hydrogens (tertiary/aromatic N) is 1. The summed E-state index contributed by atoms with van der Waals surface area (Å²) >= 11 is 0. The monoisotopic (exact) mass is 469 g/mol. The van der Waals surface area contributed by atoms with Gasteiger partial charge in [0.2, 0.25) is 0 Å². The number of nitriles is 1. The van der Waals surface area contributed by atoms with E-state index in [0.717, 1.165) is 5.56 Å². The molecule has 7 nitrogen and oxygen atoms in total. The molecular weight excluding hydrogens is 442 g/mol. The van der Waals surface area contributed by atoms with E-state index in [1.54, 1.807) is 55.5 Å². The van der Waals surface area contributed by atoms with Crippen molar-refractivity contribution in [1.82, 2.24) is 0 Å². The lowest BCUT2D eigenvalue weighted by molar-refractivity contribution is -0.142. The number of hydrogen-bond acceptors (Lipinski definition) is 5. The fourth-order valence-electron chi connectivity index (χ4n) is 3.43. The minimum atomic E-state index is -0.433. The molecule has 0 aliphatic heterocycles. The van der Waals surface area contributed by atoms with E-state index in [1.807, 2.05) is 18.2 Å². The van der Waals surface area contributed by atoms with Crippen molar-refractivity contribution in [3.05, 3.63) is 94.5 Å². The van der Waals surface area contributed by atoms with Crippen LogP contribution in [0.5, 0.6) is 0 Å². The number of esters is 1. The molecule has 3 rings (SSSR count). The van der Waals surface area contributed by atoms with Crippen molar-refractivity contribution >= 4 is 29.2 Å². The zero-order chi connectivity index (χ0) is 25.4. The molecule has 0 spiro atoms. The molecule has 3 aromatic carbocycles. The standard InChI is InChI=1S/C28H27N3O4/c1-4-35-26(32)16-19-8-13-24(30-28(34)23-7-5-6-20(14-23)17-29)25(15-19)31-27(33)22-11-9-21(10-12-22)18(2)3/h5-15,18H,4,16H2,1-3H3,(H,30,34)(H,31,33). The molecule has 35 heavy (non-hydrogen) atoms. The van der Waals surface area contributed by atoms with E-state index in [-0.39, 0.29) is 24.9 Å². The van der Waals surface area contributed by atoms with E-state index in [4.69, 9.17) is 10.00 Å². The summed E-state index contributed by atoms with van der Waals surface area (Å²) in [6, 6.07) is 20.6. The Kier molecular flexibility index (Phi) is 8.36. The number of amides is 2. The summed E-state index contributed by atoms with van der Waals surface area (Å²) in [5, 5.41) is 14.7. The zero-order valence-electron chi connectivity index (χ0n) is 19.9. The van der Waals surface area contributed by atoms with Crippen molar-refractivity contribution in [1.29, 1.82) is 5.26 Å². The Hall–Kier alpha value is -4.44. The average Bonchev–Trinajstić information content (AvgIpc) is 2.85. The van der Waals surface area contributed by atoms with Gasteiger partial charge in [0.1, 0.15) is 0 Å². The lowest BCUT2D eigenvalue weighted by atomic mass is 10.0. The SMILES string of the molecule is CCOC(=O)Cc1ccc(NC(=O)c2cccc(C#N)c2)c(NC(=O)c2ccc(C(C)C)cc2)c1. The van der Waals surface area contributed by atoms with E-state index in [9.17, 15) is 14.4 Å². The van der Waals surface area contributed by atoms with Crippen LogP contribution in [0.1, 0.15) is 64.1 Å². The lowest BCUT2D eigenvalue weighted by Crippen LogP contribution is -2.17. The molecule has 7 heteroatoms. The molecule has 0 fully saturated rings. The second-order valence-corrected chi connectivity index (χ2v) is 8.24. The average molecular weight is 470 g/mol. The summed E-state index contributed by atoms with van der Waals surface area (Å²) in [6.07, 6.45) is 0.0260. The number of anilines is 2. The largest absolute Gasteiger partial charge is 0.466 e. The fourth-order valence-corrected chi connectivity index (χ4v) is 3.43. The molecule has 0 saturated heterocycles. The molecule has 0 atom stereocenters. The molecule has 3 aromatic rings. The van der Waals surface area contributed by atoms with Crippen molar-refractivity contribution in [2.24, 2.45) is 0 Å². The number of hydrogen-bond donors (Lipinski definition) is 2. The van der Waals surface area contributed by atoms with Crippen LogP contribution in [0, 0.1) is 11.3 Å². The number of rotatable bonds is 8. The van der Waals surface area contributed by atoms with Gasteiger partial charge in [-0.15, -0.1) is 0 Å². The van der Waals surface area contributed by atoms with Crippen molar-refractivity contribution in [3.8, 4) is 6.07 Å². The van der Waals surface area contributed by atoms with Crippen molar-refractivity contribution in [2.75, 3.05) is 17.2 Å². The van der Waals surface area contributed by atoms with Crippen LogP contribution in [-0.2, 0) is 16.0 Å². The molecule has 0 saturated carbocycles. The molecule has 2 N–H and O–H groups in total. The first-order valence-electron chi connectivity index (χ1n) is 11.3. The maximum atomic E-state index is 13.0. The quantitative estimate of drug-likeness (QED) is 0.436. The van der Waals surface area contributed by atoms with Crippen molar-refractivity contribution in [3.63, 3.8) is 0 Å². The topological polar surface area (TPSA) is 108 Å². The highest BCUT2D eigenvalue weighted by molar-refractivity contribution is 6.10. The molecule has 2 amide bonds. The van der Waals surface area contributed by atoms with E-state index in [2.05, 4.69) is 24.5 Å². The summed E-state index contributed by atoms with van der Waals surface area (Å²) in [7, 11) is 0. The normalized spacial score (nSPS) is 10.4. The van der Waals surface area contributed by atoms with Gasteiger partial charge in [0, 0.05) is 11.1 Å². The van der Waals surface area contributed by atoms with Crippen LogP contribution in [0.25, 0.3) is 0 Å². The predicted molar refractivity (Wildman–Crippen MR) is 134 cm³/mol. The van der Waals surface area contributed by atoms with Gasteiger partial charge in [0.15, 0.2) is 0 Å². The Labute approximate surface area is 204 Å². The number of carbonyl (C=O) groups excluding carboxylic acids is 3. The van der Waals surface area contributed by atoms with Gasteiger partial charge in [-0.2, -0.15) is 5.26 Å². The summed E-state index contributed by atoms with van der Waals surface area (Å²) in [6.45, 7) is 6.15. The molecule has 0 aromatic heterocycles. The summed E-state index contributed by atoms with van der Waals surface area (Å²) < 4.78 is 5.02. The van der Waals surface area contributed by atoms with E-state index >= 15 is 0 Å². The first-order chi connectivity index (χ1) is 16.8. The van der Waals surface area contributed by atoms with E-state index in [0.29, 0.717) is 39.5 Å². The number of carbonyl (C=O) groups is 3. The van der Waals surface area contributed by atoms with Crippen LogP contribution < -0.4 is 10.6 Å². The maximum absolute atomic E-state index is 13.0. The van der Waals surface area contributed by atoms with Crippen LogP contribution in [0.2, 0.25) is 0 Å². The molecular formula is C28H27N3O4. The third kappa shape index (κ3) is 6.78. The van der Waals surface area contributed by atoms with Crippen LogP contribution >= 0.6 is 0 Å². The minimum absolute atomic E-state index is 0.0260. The van der Waals surface area contributed by atoms with Crippen LogP contribution in [0.4, 0.5) is 11.4 Å². The van der Waals surface area contributed by atoms with Gasteiger partial charge in [-0.05, 0) is 66.4 Å². The van der Waals surface area contributed by atoms with Gasteiger partial charge >= 0.3 is 5.97 Å². The predicted octanol–water partition coefficient (Wildman–Crippen LogP) is 5.29. The smallest absolute Gasteiger partial charge is 0.310 e. The van der Waals surface area contributed by atoms with Gasteiger partial charge < -0.3 is 15.4 Å². The first kappa shape index (κ1) is 25.2. The van der Waals surface area contributed by atoms with E-state index in [1.165, 1.54) is 6.07 Å². The fraction of sp³-hybridized carbons (Fsp3) is 0.214. The second kappa shape index (κ2) is 11.6.